The molecule has 9 heteroatoms. The van der Waals surface area contributed by atoms with Crippen molar-refractivity contribution in [2.75, 3.05) is 0 Å². The Morgan fingerprint density at radius 1 is 1.03 bits per heavy atom. The predicted molar refractivity (Wildman–Crippen MR) is 102 cm³/mol. The first kappa shape index (κ1) is 22.9. The lowest BCUT2D eigenvalue weighted by atomic mass is 10.1. The van der Waals surface area contributed by atoms with Gasteiger partial charge in [0.2, 0.25) is 10.0 Å². The van der Waals surface area contributed by atoms with Crippen LogP contribution < -0.4 is 4.72 Å². The molecule has 2 rings (SSSR count). The average molecular weight is 429 g/mol. The van der Waals surface area contributed by atoms with E-state index in [-0.39, 0.29) is 6.42 Å². The second kappa shape index (κ2) is 8.54. The van der Waals surface area contributed by atoms with Gasteiger partial charge in [-0.2, -0.15) is 17.9 Å². The number of hydrogen-bond donors (Lipinski definition) is 1. The van der Waals surface area contributed by atoms with Gasteiger partial charge in [-0.15, -0.1) is 0 Å². The molecular formula is C20H22F3NO4S. The average Bonchev–Trinajstić information content (AvgIpc) is 2.60. The van der Waals surface area contributed by atoms with Gasteiger partial charge < -0.3 is 4.74 Å². The Morgan fingerprint density at radius 3 is 2.21 bits per heavy atom. The number of carbonyl (C=O) groups is 1. The van der Waals surface area contributed by atoms with Gasteiger partial charge in [-0.05, 0) is 51.0 Å². The van der Waals surface area contributed by atoms with Crippen molar-refractivity contribution in [1.29, 1.82) is 0 Å². The first-order valence-corrected chi connectivity index (χ1v) is 10.2. The molecule has 158 valence electrons. The number of carbonyl (C=O) groups excluding carboxylic acids is 1. The van der Waals surface area contributed by atoms with Gasteiger partial charge in [0.1, 0.15) is 11.6 Å². The van der Waals surface area contributed by atoms with Gasteiger partial charge in [0.15, 0.2) is 0 Å². The zero-order chi connectivity index (χ0) is 21.9. The maximum Gasteiger partial charge on any atom is 0.416 e. The number of benzene rings is 2. The second-order valence-electron chi connectivity index (χ2n) is 7.42. The quantitative estimate of drug-likeness (QED) is 0.706. The first-order valence-electron chi connectivity index (χ1n) is 8.74. The third kappa shape index (κ3) is 6.86. The number of halogens is 3. The van der Waals surface area contributed by atoms with Crippen LogP contribution in [0.25, 0.3) is 0 Å². The Labute approximate surface area is 167 Å². The molecule has 0 aromatic heterocycles. The summed E-state index contributed by atoms with van der Waals surface area (Å²) in [5.74, 6) is -0.822. The number of alkyl halides is 3. The van der Waals surface area contributed by atoms with Gasteiger partial charge in [0.25, 0.3) is 0 Å². The maximum absolute atomic E-state index is 12.9. The zero-order valence-corrected chi connectivity index (χ0v) is 17.0. The molecule has 0 aliphatic heterocycles. The highest BCUT2D eigenvalue weighted by Crippen LogP contribution is 2.30. The van der Waals surface area contributed by atoms with Crippen molar-refractivity contribution in [1.82, 2.24) is 4.72 Å². The van der Waals surface area contributed by atoms with Crippen LogP contribution in [0.4, 0.5) is 13.2 Å². The van der Waals surface area contributed by atoms with E-state index in [1.165, 1.54) is 0 Å². The molecule has 0 spiro atoms. The van der Waals surface area contributed by atoms with Gasteiger partial charge in [-0.3, -0.25) is 4.79 Å². The lowest BCUT2D eigenvalue weighted by Crippen LogP contribution is -2.45. The smallest absolute Gasteiger partial charge is 0.416 e. The Kier molecular flexibility index (Phi) is 6.74. The van der Waals surface area contributed by atoms with Crippen LogP contribution >= 0.6 is 0 Å². The number of sulfonamides is 1. The molecule has 29 heavy (non-hydrogen) atoms. The largest absolute Gasteiger partial charge is 0.459 e. The van der Waals surface area contributed by atoms with Crippen molar-refractivity contribution in [2.45, 2.75) is 49.9 Å². The SMILES string of the molecule is CC(C)(C)OC(=O)[C@H](Cc1ccccc1)NS(=O)(=O)c1cccc(C(F)(F)F)c1. The lowest BCUT2D eigenvalue weighted by Gasteiger charge is -2.24. The van der Waals surface area contributed by atoms with E-state index < -0.39 is 44.3 Å². The second-order valence-corrected chi connectivity index (χ2v) is 9.14. The van der Waals surface area contributed by atoms with Gasteiger partial charge in [0, 0.05) is 0 Å². The highest BCUT2D eigenvalue weighted by Gasteiger charge is 2.33. The van der Waals surface area contributed by atoms with E-state index in [1.54, 1.807) is 51.1 Å². The van der Waals surface area contributed by atoms with Crippen molar-refractivity contribution >= 4 is 16.0 Å². The van der Waals surface area contributed by atoms with Crippen LogP contribution in [-0.4, -0.2) is 26.0 Å². The molecule has 2 aromatic carbocycles. The summed E-state index contributed by atoms with van der Waals surface area (Å²) in [6.45, 7) is 4.89. The van der Waals surface area contributed by atoms with E-state index in [2.05, 4.69) is 4.72 Å². The minimum atomic E-state index is -4.69. The molecule has 0 saturated heterocycles. The van der Waals surface area contributed by atoms with Crippen molar-refractivity contribution in [2.24, 2.45) is 0 Å². The van der Waals surface area contributed by atoms with E-state index >= 15 is 0 Å². The number of nitrogens with one attached hydrogen (secondary N) is 1. The highest BCUT2D eigenvalue weighted by molar-refractivity contribution is 7.89. The number of rotatable bonds is 6. The lowest BCUT2D eigenvalue weighted by molar-refractivity contribution is -0.156. The predicted octanol–water partition coefficient (Wildman–Crippen LogP) is 3.94. The van der Waals surface area contributed by atoms with Crippen LogP contribution in [-0.2, 0) is 32.2 Å². The number of esters is 1. The fourth-order valence-electron chi connectivity index (χ4n) is 2.49. The molecule has 0 heterocycles. The first-order chi connectivity index (χ1) is 13.3. The summed E-state index contributed by atoms with van der Waals surface area (Å²) in [6, 6.07) is 10.6. The van der Waals surface area contributed by atoms with Gasteiger partial charge in [-0.1, -0.05) is 36.4 Å². The topological polar surface area (TPSA) is 72.5 Å². The molecule has 0 bridgehead atoms. The molecule has 0 aliphatic carbocycles. The van der Waals surface area contributed by atoms with E-state index in [0.717, 1.165) is 18.2 Å². The summed E-state index contributed by atoms with van der Waals surface area (Å²) in [4.78, 5) is 12.0. The molecule has 0 fully saturated rings. The monoisotopic (exact) mass is 429 g/mol. The standard InChI is InChI=1S/C20H22F3NO4S/c1-19(2,3)28-18(25)17(12-14-8-5-4-6-9-14)24-29(26,27)16-11-7-10-15(13-16)20(21,22)23/h4-11,13,17,24H,12H2,1-3H3/t17-/m0/s1. The van der Waals surface area contributed by atoms with Crippen LogP contribution in [0, 0.1) is 0 Å². The molecule has 0 aliphatic rings. The molecule has 0 saturated carbocycles. The summed E-state index contributed by atoms with van der Waals surface area (Å²) >= 11 is 0. The van der Waals surface area contributed by atoms with E-state index in [0.29, 0.717) is 11.6 Å². The fourth-order valence-corrected chi connectivity index (χ4v) is 3.72. The molecule has 1 atom stereocenters. The third-order valence-electron chi connectivity index (χ3n) is 3.74. The summed E-state index contributed by atoms with van der Waals surface area (Å²) in [5, 5.41) is 0. The normalized spacial score (nSPS) is 13.7. The van der Waals surface area contributed by atoms with Crippen LogP contribution in [0.2, 0.25) is 0 Å². The Balaban J connectivity index is 2.34. The number of ether oxygens (including phenoxy) is 1. The van der Waals surface area contributed by atoms with Crippen LogP contribution in [0.5, 0.6) is 0 Å². The van der Waals surface area contributed by atoms with Gasteiger partial charge >= 0.3 is 12.1 Å². The number of hydrogen-bond acceptors (Lipinski definition) is 4. The van der Waals surface area contributed by atoms with Crippen LogP contribution in [0.3, 0.4) is 0 Å². The van der Waals surface area contributed by atoms with Crippen molar-refractivity contribution < 1.29 is 31.1 Å². The Morgan fingerprint density at radius 2 is 1.66 bits per heavy atom. The zero-order valence-electron chi connectivity index (χ0n) is 16.2. The maximum atomic E-state index is 12.9. The Hall–Kier alpha value is -2.39. The summed E-state index contributed by atoms with van der Waals surface area (Å²) in [7, 11) is -4.41. The van der Waals surface area contributed by atoms with E-state index in [4.69, 9.17) is 4.74 Å². The summed E-state index contributed by atoms with van der Waals surface area (Å²) in [6.07, 6.45) is -4.71. The van der Waals surface area contributed by atoms with E-state index in [1.807, 2.05) is 0 Å². The van der Waals surface area contributed by atoms with Crippen molar-refractivity contribution in [3.8, 4) is 0 Å². The van der Waals surface area contributed by atoms with Gasteiger partial charge in [-0.25, -0.2) is 8.42 Å². The molecule has 0 unspecified atom stereocenters. The molecule has 0 radical (unpaired) electrons. The van der Waals surface area contributed by atoms with Crippen LogP contribution in [0.1, 0.15) is 31.9 Å². The van der Waals surface area contributed by atoms with Crippen molar-refractivity contribution in [3.05, 3.63) is 65.7 Å². The summed E-state index contributed by atoms with van der Waals surface area (Å²) < 4.78 is 71.7. The molecular weight excluding hydrogens is 407 g/mol. The van der Waals surface area contributed by atoms with E-state index in [9.17, 15) is 26.4 Å². The molecule has 0 amide bonds. The Bertz CT molecular complexity index is 952. The molecule has 1 N–H and O–H groups in total. The minimum Gasteiger partial charge on any atom is -0.459 e. The van der Waals surface area contributed by atoms with Gasteiger partial charge in [0.05, 0.1) is 10.5 Å². The van der Waals surface area contributed by atoms with Crippen LogP contribution in [0.15, 0.2) is 59.5 Å². The third-order valence-corrected chi connectivity index (χ3v) is 5.21. The van der Waals surface area contributed by atoms with Crippen molar-refractivity contribution in [3.63, 3.8) is 0 Å². The summed E-state index contributed by atoms with van der Waals surface area (Å²) in [5.41, 5.74) is -1.31. The molecule has 2 aromatic rings. The minimum absolute atomic E-state index is 0.0199. The fraction of sp³-hybridized carbons (Fsp3) is 0.350. The molecule has 5 nitrogen and oxygen atoms in total. The highest BCUT2D eigenvalue weighted by atomic mass is 32.2.